The van der Waals surface area contributed by atoms with Crippen molar-refractivity contribution in [1.29, 1.82) is 5.26 Å². The van der Waals surface area contributed by atoms with Crippen LogP contribution in [0.15, 0.2) is 18.3 Å². The lowest BCUT2D eigenvalue weighted by atomic mass is 9.91. The van der Waals surface area contributed by atoms with Gasteiger partial charge in [-0.2, -0.15) is 5.26 Å². The first-order chi connectivity index (χ1) is 8.42. The summed E-state index contributed by atoms with van der Waals surface area (Å²) in [5.74, 6) is 0.504. The van der Waals surface area contributed by atoms with Crippen LogP contribution in [0.5, 0.6) is 0 Å². The van der Waals surface area contributed by atoms with Crippen LogP contribution in [0.4, 0.5) is 0 Å². The molecule has 0 N–H and O–H groups in total. The van der Waals surface area contributed by atoms with Gasteiger partial charge in [0, 0.05) is 12.1 Å². The van der Waals surface area contributed by atoms with Gasteiger partial charge in [0.05, 0.1) is 11.3 Å². The number of nitriles is 1. The molecule has 1 aromatic heterocycles. The largest absolute Gasteiger partial charge is 0.260 e. The smallest absolute Gasteiger partial charge is 0.101 e. The Hall–Kier alpha value is -1.36. The van der Waals surface area contributed by atoms with E-state index in [1.807, 2.05) is 18.3 Å². The van der Waals surface area contributed by atoms with Crippen LogP contribution in [0.1, 0.15) is 68.5 Å². The molecule has 1 heterocycles. The fraction of sp³-hybridized carbons (Fsp3) is 0.600. The van der Waals surface area contributed by atoms with E-state index in [4.69, 9.17) is 5.26 Å². The van der Waals surface area contributed by atoms with Crippen LogP contribution in [-0.4, -0.2) is 4.98 Å². The van der Waals surface area contributed by atoms with Gasteiger partial charge in [-0.1, -0.05) is 38.5 Å². The van der Waals surface area contributed by atoms with E-state index in [1.54, 1.807) is 0 Å². The third-order valence-corrected chi connectivity index (χ3v) is 3.70. The summed E-state index contributed by atoms with van der Waals surface area (Å²) in [6.45, 7) is 0. The molecular formula is C15H20N2. The molecule has 0 radical (unpaired) electrons. The van der Waals surface area contributed by atoms with Crippen molar-refractivity contribution in [3.63, 3.8) is 0 Å². The summed E-state index contributed by atoms with van der Waals surface area (Å²) in [6.07, 6.45) is 12.2. The molecule has 0 bridgehead atoms. The third-order valence-electron chi connectivity index (χ3n) is 3.70. The van der Waals surface area contributed by atoms with Crippen molar-refractivity contribution in [2.75, 3.05) is 0 Å². The van der Waals surface area contributed by atoms with E-state index < -0.39 is 0 Å². The fourth-order valence-electron chi connectivity index (χ4n) is 2.74. The minimum absolute atomic E-state index is 0.504. The summed E-state index contributed by atoms with van der Waals surface area (Å²) in [5.41, 5.74) is 1.81. The molecule has 0 amide bonds. The number of hydrogen-bond acceptors (Lipinski definition) is 2. The van der Waals surface area contributed by atoms with Gasteiger partial charge in [0.1, 0.15) is 6.07 Å². The Morgan fingerprint density at radius 3 is 2.35 bits per heavy atom. The van der Waals surface area contributed by atoms with Gasteiger partial charge in [-0.15, -0.1) is 0 Å². The molecule has 1 aliphatic rings. The molecule has 0 unspecified atom stereocenters. The fourth-order valence-corrected chi connectivity index (χ4v) is 2.74. The molecule has 0 spiro atoms. The molecular weight excluding hydrogens is 208 g/mol. The van der Waals surface area contributed by atoms with Crippen LogP contribution in [0.3, 0.4) is 0 Å². The van der Waals surface area contributed by atoms with Crippen molar-refractivity contribution in [3.05, 3.63) is 29.6 Å². The summed E-state index contributed by atoms with van der Waals surface area (Å²) < 4.78 is 0. The number of aromatic nitrogens is 1. The summed E-state index contributed by atoms with van der Waals surface area (Å²) in [5, 5.41) is 9.14. The Balaban J connectivity index is 2.15. The van der Waals surface area contributed by atoms with Gasteiger partial charge in [-0.05, 0) is 25.0 Å². The Kier molecular flexibility index (Phi) is 4.55. The monoisotopic (exact) mass is 228 g/mol. The number of pyridine rings is 1. The molecule has 1 saturated carbocycles. The number of hydrogen-bond donors (Lipinski definition) is 0. The van der Waals surface area contributed by atoms with Gasteiger partial charge < -0.3 is 0 Å². The number of rotatable bonds is 1. The summed E-state index contributed by atoms with van der Waals surface area (Å²) in [7, 11) is 0. The Morgan fingerprint density at radius 1 is 1.06 bits per heavy atom. The van der Waals surface area contributed by atoms with Crippen molar-refractivity contribution >= 4 is 0 Å². The number of nitrogens with zero attached hydrogens (tertiary/aromatic N) is 2. The van der Waals surface area contributed by atoms with E-state index in [0.717, 1.165) is 11.3 Å². The Labute approximate surface area is 104 Å². The zero-order valence-corrected chi connectivity index (χ0v) is 10.4. The van der Waals surface area contributed by atoms with Crippen molar-refractivity contribution in [2.45, 2.75) is 57.3 Å². The Morgan fingerprint density at radius 2 is 1.71 bits per heavy atom. The quantitative estimate of drug-likeness (QED) is 0.723. The standard InChI is InChI=1S/C15H20N2/c16-12-14-10-7-11-17-15(14)13-8-5-3-1-2-4-6-9-13/h7,10-11,13H,1-6,8-9H2. The molecule has 17 heavy (non-hydrogen) atoms. The highest BCUT2D eigenvalue weighted by molar-refractivity contribution is 5.34. The van der Waals surface area contributed by atoms with Crippen LogP contribution < -0.4 is 0 Å². The van der Waals surface area contributed by atoms with Crippen molar-refractivity contribution < 1.29 is 0 Å². The maximum Gasteiger partial charge on any atom is 0.101 e. The van der Waals surface area contributed by atoms with Gasteiger partial charge >= 0.3 is 0 Å². The lowest BCUT2D eigenvalue weighted by molar-refractivity contribution is 0.527. The van der Waals surface area contributed by atoms with E-state index in [1.165, 1.54) is 51.4 Å². The summed E-state index contributed by atoms with van der Waals surface area (Å²) >= 11 is 0. The van der Waals surface area contributed by atoms with E-state index in [2.05, 4.69) is 11.1 Å². The minimum Gasteiger partial charge on any atom is -0.260 e. The molecule has 0 saturated heterocycles. The topological polar surface area (TPSA) is 36.7 Å². The highest BCUT2D eigenvalue weighted by Gasteiger charge is 2.17. The van der Waals surface area contributed by atoms with Gasteiger partial charge in [-0.25, -0.2) is 0 Å². The lowest BCUT2D eigenvalue weighted by Crippen LogP contribution is -2.04. The summed E-state index contributed by atoms with van der Waals surface area (Å²) in [6, 6.07) is 6.04. The first kappa shape index (κ1) is 12.1. The normalized spacial score (nSPS) is 18.8. The zero-order valence-electron chi connectivity index (χ0n) is 10.4. The second kappa shape index (κ2) is 6.39. The van der Waals surface area contributed by atoms with Crippen LogP contribution >= 0.6 is 0 Å². The second-order valence-electron chi connectivity index (χ2n) is 4.94. The average Bonchev–Trinajstić information content (AvgIpc) is 2.52. The average molecular weight is 228 g/mol. The molecule has 90 valence electrons. The molecule has 1 fully saturated rings. The Bertz CT molecular complexity index is 382. The predicted molar refractivity (Wildman–Crippen MR) is 68.6 cm³/mol. The van der Waals surface area contributed by atoms with Crippen LogP contribution in [0, 0.1) is 11.3 Å². The van der Waals surface area contributed by atoms with Gasteiger partial charge in [-0.3, -0.25) is 4.98 Å². The molecule has 2 nitrogen and oxygen atoms in total. The molecule has 1 aromatic rings. The molecule has 2 rings (SSSR count). The maximum absolute atomic E-state index is 9.14. The second-order valence-corrected chi connectivity index (χ2v) is 4.94. The molecule has 0 aliphatic heterocycles. The van der Waals surface area contributed by atoms with E-state index in [9.17, 15) is 0 Å². The third kappa shape index (κ3) is 3.30. The van der Waals surface area contributed by atoms with Crippen LogP contribution in [0.25, 0.3) is 0 Å². The van der Waals surface area contributed by atoms with E-state index in [-0.39, 0.29) is 0 Å². The highest BCUT2D eigenvalue weighted by atomic mass is 14.7. The van der Waals surface area contributed by atoms with E-state index >= 15 is 0 Å². The van der Waals surface area contributed by atoms with Gasteiger partial charge in [0.25, 0.3) is 0 Å². The molecule has 0 aromatic carbocycles. The molecule has 0 atom stereocenters. The predicted octanol–water partition coefficient (Wildman–Crippen LogP) is 4.17. The molecule has 2 heteroatoms. The van der Waals surface area contributed by atoms with Crippen molar-refractivity contribution in [1.82, 2.24) is 4.98 Å². The van der Waals surface area contributed by atoms with Crippen molar-refractivity contribution in [3.8, 4) is 6.07 Å². The van der Waals surface area contributed by atoms with E-state index in [0.29, 0.717) is 5.92 Å². The highest BCUT2D eigenvalue weighted by Crippen LogP contribution is 2.30. The first-order valence-electron chi connectivity index (χ1n) is 6.77. The van der Waals surface area contributed by atoms with Crippen LogP contribution in [-0.2, 0) is 0 Å². The SMILES string of the molecule is N#Cc1cccnc1C1CCCCCCCC1. The zero-order chi connectivity index (χ0) is 11.9. The maximum atomic E-state index is 9.14. The van der Waals surface area contributed by atoms with Gasteiger partial charge in [0.2, 0.25) is 0 Å². The summed E-state index contributed by atoms with van der Waals surface area (Å²) in [4.78, 5) is 4.45. The minimum atomic E-state index is 0.504. The lowest BCUT2D eigenvalue weighted by Gasteiger charge is -2.16. The van der Waals surface area contributed by atoms with Crippen molar-refractivity contribution in [2.24, 2.45) is 0 Å². The molecule has 1 aliphatic carbocycles. The van der Waals surface area contributed by atoms with Crippen LogP contribution in [0.2, 0.25) is 0 Å². The first-order valence-corrected chi connectivity index (χ1v) is 6.77. The van der Waals surface area contributed by atoms with Gasteiger partial charge in [0.15, 0.2) is 0 Å².